The van der Waals surface area contributed by atoms with E-state index in [9.17, 15) is 14.9 Å². The number of benzene rings is 2. The van der Waals surface area contributed by atoms with E-state index >= 15 is 0 Å². The van der Waals surface area contributed by atoms with Crippen LogP contribution in [-0.4, -0.2) is 22.0 Å². The van der Waals surface area contributed by atoms with Gasteiger partial charge in [-0.2, -0.15) is 5.10 Å². The number of carbonyl (C=O) groups excluding carboxylic acids is 1. The van der Waals surface area contributed by atoms with Crippen molar-refractivity contribution in [1.29, 1.82) is 0 Å². The number of hydrogen-bond acceptors (Lipinski definition) is 5. The number of hydrazone groups is 1. The average molecular weight is 369 g/mol. The summed E-state index contributed by atoms with van der Waals surface area (Å²) in [5.74, 6) is -0.347. The molecule has 0 saturated carbocycles. The zero-order valence-corrected chi connectivity index (χ0v) is 14.2. The van der Waals surface area contributed by atoms with Crippen molar-refractivity contribution in [3.8, 4) is 0 Å². The Hall–Kier alpha value is -3.32. The maximum absolute atomic E-state index is 11.9. The molecule has 2 aromatic carbocycles. The fraction of sp³-hybridized carbons (Fsp3) is 0.0556. The van der Waals surface area contributed by atoms with Gasteiger partial charge in [-0.3, -0.25) is 14.9 Å². The molecule has 7 nitrogen and oxygen atoms in total. The highest BCUT2D eigenvalue weighted by atomic mass is 35.5. The third kappa shape index (κ3) is 4.20. The number of pyridine rings is 1. The number of para-hydroxylation sites is 1. The molecule has 1 aromatic heterocycles. The van der Waals surface area contributed by atoms with E-state index in [1.165, 1.54) is 30.5 Å². The minimum absolute atomic E-state index is 0.0226. The molecule has 26 heavy (non-hydrogen) atoms. The van der Waals surface area contributed by atoms with Gasteiger partial charge in [0.25, 0.3) is 5.69 Å². The van der Waals surface area contributed by atoms with Crippen LogP contribution in [0.4, 0.5) is 5.69 Å². The molecule has 8 heteroatoms. The molecule has 0 aliphatic carbocycles. The van der Waals surface area contributed by atoms with E-state index in [1.807, 2.05) is 30.3 Å². The van der Waals surface area contributed by atoms with E-state index in [0.29, 0.717) is 11.1 Å². The Kier molecular flexibility index (Phi) is 5.19. The van der Waals surface area contributed by atoms with Gasteiger partial charge in [0, 0.05) is 23.1 Å². The summed E-state index contributed by atoms with van der Waals surface area (Å²) < 4.78 is 0. The smallest absolute Gasteiger partial charge is 0.269 e. The molecule has 1 N–H and O–H groups in total. The lowest BCUT2D eigenvalue weighted by atomic mass is 10.1. The number of amides is 1. The number of halogens is 1. The van der Waals surface area contributed by atoms with E-state index in [1.54, 1.807) is 0 Å². The van der Waals surface area contributed by atoms with E-state index in [0.717, 1.165) is 10.9 Å². The van der Waals surface area contributed by atoms with Crippen LogP contribution in [0.5, 0.6) is 0 Å². The highest BCUT2D eigenvalue weighted by Crippen LogP contribution is 2.19. The summed E-state index contributed by atoms with van der Waals surface area (Å²) in [6.07, 6.45) is 1.48. The number of fused-ring (bicyclic) bond motifs is 1. The average Bonchev–Trinajstić information content (AvgIpc) is 2.62. The van der Waals surface area contributed by atoms with Gasteiger partial charge in [-0.15, -0.1) is 0 Å². The first-order chi connectivity index (χ1) is 12.5. The van der Waals surface area contributed by atoms with Gasteiger partial charge in [0.2, 0.25) is 5.91 Å². The summed E-state index contributed by atoms with van der Waals surface area (Å²) in [6.45, 7) is 0. The minimum atomic E-state index is -0.491. The van der Waals surface area contributed by atoms with Crippen LogP contribution in [0.25, 0.3) is 10.9 Å². The number of carbonyl (C=O) groups is 1. The number of nitrogens with one attached hydrogen (secondary N) is 1. The third-order valence-electron chi connectivity index (χ3n) is 3.61. The lowest BCUT2D eigenvalue weighted by Gasteiger charge is -2.02. The van der Waals surface area contributed by atoms with Crippen molar-refractivity contribution in [1.82, 2.24) is 10.4 Å². The molecule has 1 amide bonds. The summed E-state index contributed by atoms with van der Waals surface area (Å²) in [7, 11) is 0. The lowest BCUT2D eigenvalue weighted by molar-refractivity contribution is -0.384. The number of rotatable bonds is 5. The molecule has 0 spiro atoms. The lowest BCUT2D eigenvalue weighted by Crippen LogP contribution is -2.19. The Balaban J connectivity index is 1.63. The van der Waals surface area contributed by atoms with Crippen molar-refractivity contribution >= 4 is 40.3 Å². The molecule has 0 fully saturated rings. The zero-order valence-electron chi connectivity index (χ0n) is 13.4. The van der Waals surface area contributed by atoms with Crippen molar-refractivity contribution in [2.45, 2.75) is 6.42 Å². The monoisotopic (exact) mass is 368 g/mol. The van der Waals surface area contributed by atoms with Crippen LogP contribution in [0.3, 0.4) is 0 Å². The van der Waals surface area contributed by atoms with E-state index < -0.39 is 4.92 Å². The van der Waals surface area contributed by atoms with E-state index in [4.69, 9.17) is 11.6 Å². The number of aromatic nitrogens is 1. The summed E-state index contributed by atoms with van der Waals surface area (Å²) in [6, 6.07) is 15.1. The largest absolute Gasteiger partial charge is 0.273 e. The molecule has 0 bridgehead atoms. The highest BCUT2D eigenvalue weighted by Gasteiger charge is 2.07. The molecular weight excluding hydrogens is 356 g/mol. The van der Waals surface area contributed by atoms with Gasteiger partial charge >= 0.3 is 0 Å². The van der Waals surface area contributed by atoms with Crippen molar-refractivity contribution in [2.24, 2.45) is 5.10 Å². The molecule has 3 aromatic rings. The quantitative estimate of drug-likeness (QED) is 0.322. The maximum Gasteiger partial charge on any atom is 0.269 e. The Morgan fingerprint density at radius 1 is 1.23 bits per heavy atom. The summed E-state index contributed by atoms with van der Waals surface area (Å²) in [5, 5.41) is 15.7. The van der Waals surface area contributed by atoms with Crippen LogP contribution in [0.1, 0.15) is 11.1 Å². The SMILES string of the molecule is O=C(Cc1ccc([N+](=O)[O-])cc1)NN=Cc1cc2ccccc2nc1Cl. The van der Waals surface area contributed by atoms with Crippen LogP contribution in [0.15, 0.2) is 59.7 Å². The molecule has 130 valence electrons. The second-order valence-electron chi connectivity index (χ2n) is 5.45. The predicted molar refractivity (Wildman–Crippen MR) is 99.3 cm³/mol. The zero-order chi connectivity index (χ0) is 18.5. The number of hydrogen-bond donors (Lipinski definition) is 1. The van der Waals surface area contributed by atoms with Crippen molar-refractivity contribution in [2.75, 3.05) is 0 Å². The first kappa shape index (κ1) is 17.5. The van der Waals surface area contributed by atoms with Gasteiger partial charge in [0.05, 0.1) is 23.1 Å². The van der Waals surface area contributed by atoms with Gasteiger partial charge in [0.15, 0.2) is 0 Å². The van der Waals surface area contributed by atoms with Crippen LogP contribution >= 0.6 is 11.6 Å². The maximum atomic E-state index is 11.9. The first-order valence-corrected chi connectivity index (χ1v) is 8.01. The Morgan fingerprint density at radius 2 is 1.96 bits per heavy atom. The number of nitrogens with zero attached hydrogens (tertiary/aromatic N) is 3. The second-order valence-corrected chi connectivity index (χ2v) is 5.81. The van der Waals surface area contributed by atoms with Crippen LogP contribution in [-0.2, 0) is 11.2 Å². The minimum Gasteiger partial charge on any atom is -0.273 e. The van der Waals surface area contributed by atoms with Gasteiger partial charge in [-0.25, -0.2) is 10.4 Å². The highest BCUT2D eigenvalue weighted by molar-refractivity contribution is 6.32. The summed E-state index contributed by atoms with van der Waals surface area (Å²) >= 11 is 6.12. The molecular formula is C18H13ClN4O3. The van der Waals surface area contributed by atoms with Crippen molar-refractivity contribution in [3.63, 3.8) is 0 Å². The third-order valence-corrected chi connectivity index (χ3v) is 3.91. The van der Waals surface area contributed by atoms with Crippen LogP contribution < -0.4 is 5.43 Å². The molecule has 0 radical (unpaired) electrons. The molecule has 0 aliphatic heterocycles. The van der Waals surface area contributed by atoms with E-state index in [-0.39, 0.29) is 23.2 Å². The van der Waals surface area contributed by atoms with Crippen LogP contribution in [0.2, 0.25) is 5.15 Å². The molecule has 0 atom stereocenters. The van der Waals surface area contributed by atoms with Crippen molar-refractivity contribution < 1.29 is 9.72 Å². The van der Waals surface area contributed by atoms with Crippen molar-refractivity contribution in [3.05, 3.63) is 81.0 Å². The number of non-ortho nitro benzene ring substituents is 1. The van der Waals surface area contributed by atoms with Crippen LogP contribution in [0, 0.1) is 10.1 Å². The van der Waals surface area contributed by atoms with Gasteiger partial charge < -0.3 is 0 Å². The Labute approximate surface area is 153 Å². The Morgan fingerprint density at radius 3 is 2.69 bits per heavy atom. The fourth-order valence-corrected chi connectivity index (χ4v) is 2.53. The van der Waals surface area contributed by atoms with Gasteiger partial charge in [-0.1, -0.05) is 41.9 Å². The molecule has 0 saturated heterocycles. The summed E-state index contributed by atoms with van der Waals surface area (Å²) in [5.41, 5.74) is 4.39. The molecule has 0 unspecified atom stereocenters. The Bertz CT molecular complexity index is 1000. The second kappa shape index (κ2) is 7.71. The summed E-state index contributed by atoms with van der Waals surface area (Å²) in [4.78, 5) is 26.3. The normalized spacial score (nSPS) is 11.0. The topological polar surface area (TPSA) is 97.5 Å². The molecule has 0 aliphatic rings. The standard InChI is InChI=1S/C18H13ClN4O3/c19-18-14(10-13-3-1-2-4-16(13)21-18)11-20-22-17(24)9-12-5-7-15(8-6-12)23(25)26/h1-8,10-11H,9H2,(H,22,24). The molecule has 3 rings (SSSR count). The van der Waals surface area contributed by atoms with Gasteiger partial charge in [0.1, 0.15) is 5.15 Å². The van der Waals surface area contributed by atoms with E-state index in [2.05, 4.69) is 15.5 Å². The van der Waals surface area contributed by atoms with Gasteiger partial charge in [-0.05, 0) is 17.7 Å². The predicted octanol–water partition coefficient (Wildman–Crippen LogP) is 3.49. The number of nitro benzene ring substituents is 1. The number of nitro groups is 1. The first-order valence-electron chi connectivity index (χ1n) is 7.63. The fourth-order valence-electron chi connectivity index (χ4n) is 2.33. The molecule has 1 heterocycles.